The third kappa shape index (κ3) is 3.59. The van der Waals surface area contributed by atoms with Gasteiger partial charge in [-0.2, -0.15) is 0 Å². The highest BCUT2D eigenvalue weighted by Gasteiger charge is 2.13. The van der Waals surface area contributed by atoms with Crippen LogP contribution in [0.1, 0.15) is 4.88 Å². The molecule has 0 N–H and O–H groups in total. The molecular weight excluding hydrogens is 332 g/mol. The predicted octanol–water partition coefficient (Wildman–Crippen LogP) is 7.49. The van der Waals surface area contributed by atoms with Gasteiger partial charge in [0.25, 0.3) is 0 Å². The summed E-state index contributed by atoms with van der Waals surface area (Å²) in [6, 6.07) is 20.6. The van der Waals surface area contributed by atoms with Gasteiger partial charge in [-0.15, -0.1) is 11.3 Å². The maximum Gasteiger partial charge on any atom is 0.0421 e. The maximum atomic E-state index is 6.01. The largest absolute Gasteiger partial charge is 0.135 e. The van der Waals surface area contributed by atoms with Crippen LogP contribution in [0.15, 0.2) is 92.0 Å². The molecule has 0 bridgehead atoms. The fourth-order valence-electron chi connectivity index (χ4n) is 2.48. The Morgan fingerprint density at radius 2 is 1.67 bits per heavy atom. The van der Waals surface area contributed by atoms with E-state index in [1.807, 2.05) is 30.4 Å². The Balaban J connectivity index is 2.12. The lowest BCUT2D eigenvalue weighted by Gasteiger charge is -2.03. The minimum Gasteiger partial charge on any atom is -0.135 e. The van der Waals surface area contributed by atoms with E-state index in [9.17, 15) is 0 Å². The van der Waals surface area contributed by atoms with Crippen molar-refractivity contribution in [2.45, 2.75) is 0 Å². The first-order valence-electron chi connectivity index (χ1n) is 7.62. The second kappa shape index (κ2) is 7.48. The van der Waals surface area contributed by atoms with Gasteiger partial charge in [0.2, 0.25) is 0 Å². The van der Waals surface area contributed by atoms with Gasteiger partial charge in [-0.3, -0.25) is 0 Å². The molecule has 0 amide bonds. The summed E-state index contributed by atoms with van der Waals surface area (Å²) in [5.41, 5.74) is 4.54. The highest BCUT2D eigenvalue weighted by molar-refractivity contribution is 7.17. The second-order valence-electron chi connectivity index (χ2n) is 5.35. The van der Waals surface area contributed by atoms with E-state index in [1.165, 1.54) is 20.9 Å². The van der Waals surface area contributed by atoms with Gasteiger partial charge in [-0.05, 0) is 34.9 Å². The monoisotopic (exact) mass is 348 g/mol. The fourth-order valence-corrected chi connectivity index (χ4v) is 3.74. The lowest BCUT2D eigenvalue weighted by molar-refractivity contribution is 1.65. The molecule has 0 aliphatic heterocycles. The van der Waals surface area contributed by atoms with E-state index in [4.69, 9.17) is 11.6 Å². The molecule has 3 aromatic rings. The van der Waals surface area contributed by atoms with Gasteiger partial charge < -0.3 is 0 Å². The van der Waals surface area contributed by atoms with Crippen LogP contribution in [-0.2, 0) is 0 Å². The lowest BCUT2D eigenvalue weighted by atomic mass is 10.0. The summed E-state index contributed by atoms with van der Waals surface area (Å²) in [6.45, 7) is 7.96. The van der Waals surface area contributed by atoms with E-state index >= 15 is 0 Å². The number of allylic oxidation sites excluding steroid dienone is 4. The van der Waals surface area contributed by atoms with Crippen molar-refractivity contribution < 1.29 is 0 Å². The highest BCUT2D eigenvalue weighted by atomic mass is 35.5. The standard InChI is InChI=1S/C22H17ClS/c1-3-4-8-16(2)22-20(17-9-6-5-7-10-17)15-21(24-22)18-11-13-19(23)14-12-18/h3-15H,1-2H2/b8-4-. The van der Waals surface area contributed by atoms with Crippen LogP contribution in [0.25, 0.3) is 27.1 Å². The summed E-state index contributed by atoms with van der Waals surface area (Å²) in [4.78, 5) is 2.37. The second-order valence-corrected chi connectivity index (χ2v) is 6.84. The van der Waals surface area contributed by atoms with Crippen molar-refractivity contribution in [1.82, 2.24) is 0 Å². The molecule has 0 radical (unpaired) electrons. The molecule has 3 rings (SSSR count). The van der Waals surface area contributed by atoms with E-state index < -0.39 is 0 Å². The number of benzene rings is 2. The fraction of sp³-hybridized carbons (Fsp3) is 0. The zero-order valence-electron chi connectivity index (χ0n) is 13.2. The zero-order chi connectivity index (χ0) is 16.9. The minimum atomic E-state index is 0.747. The van der Waals surface area contributed by atoms with Gasteiger partial charge in [-0.25, -0.2) is 0 Å². The molecule has 0 spiro atoms. The van der Waals surface area contributed by atoms with Gasteiger partial charge >= 0.3 is 0 Å². The Hall–Kier alpha value is -2.35. The molecule has 2 heteroatoms. The lowest BCUT2D eigenvalue weighted by Crippen LogP contribution is -1.79. The molecule has 24 heavy (non-hydrogen) atoms. The smallest absolute Gasteiger partial charge is 0.0421 e. The summed E-state index contributed by atoms with van der Waals surface area (Å²) in [5, 5.41) is 0.747. The van der Waals surface area contributed by atoms with E-state index in [1.54, 1.807) is 17.4 Å². The third-order valence-electron chi connectivity index (χ3n) is 3.67. The van der Waals surface area contributed by atoms with E-state index in [-0.39, 0.29) is 0 Å². The van der Waals surface area contributed by atoms with E-state index in [2.05, 4.69) is 55.6 Å². The summed E-state index contributed by atoms with van der Waals surface area (Å²) in [6.07, 6.45) is 5.68. The summed E-state index contributed by atoms with van der Waals surface area (Å²) in [7, 11) is 0. The number of thiophene rings is 1. The number of hydrogen-bond acceptors (Lipinski definition) is 1. The third-order valence-corrected chi connectivity index (χ3v) is 5.18. The molecule has 0 aliphatic rings. The van der Waals surface area contributed by atoms with Gasteiger partial charge in [0.05, 0.1) is 0 Å². The Morgan fingerprint density at radius 1 is 0.958 bits per heavy atom. The van der Waals surface area contributed by atoms with Crippen molar-refractivity contribution in [1.29, 1.82) is 0 Å². The minimum absolute atomic E-state index is 0.747. The van der Waals surface area contributed by atoms with Gasteiger partial charge in [0.1, 0.15) is 0 Å². The molecule has 0 nitrogen and oxygen atoms in total. The first kappa shape index (κ1) is 16.5. The molecule has 0 saturated heterocycles. The molecule has 0 fully saturated rings. The predicted molar refractivity (Wildman–Crippen MR) is 109 cm³/mol. The van der Waals surface area contributed by atoms with E-state index in [0.717, 1.165) is 16.2 Å². The van der Waals surface area contributed by atoms with Gasteiger partial charge in [-0.1, -0.05) is 85.5 Å². The number of hydrogen-bond donors (Lipinski definition) is 0. The van der Waals surface area contributed by atoms with Crippen molar-refractivity contribution in [3.63, 3.8) is 0 Å². The Bertz CT molecular complexity index is 883. The Labute approximate surface area is 152 Å². The van der Waals surface area contributed by atoms with Gasteiger partial charge in [0, 0.05) is 20.3 Å². The van der Waals surface area contributed by atoms with E-state index in [0.29, 0.717) is 0 Å². The Morgan fingerprint density at radius 3 is 2.33 bits per heavy atom. The molecule has 0 saturated carbocycles. The molecule has 0 atom stereocenters. The highest BCUT2D eigenvalue weighted by Crippen LogP contribution is 2.41. The van der Waals surface area contributed by atoms with Crippen molar-refractivity contribution in [2.75, 3.05) is 0 Å². The molecule has 118 valence electrons. The van der Waals surface area contributed by atoms with Crippen molar-refractivity contribution in [3.05, 3.63) is 102 Å². The molecule has 1 heterocycles. The molecule has 0 unspecified atom stereocenters. The van der Waals surface area contributed by atoms with Crippen LogP contribution < -0.4 is 0 Å². The van der Waals surface area contributed by atoms with Crippen molar-refractivity contribution in [2.24, 2.45) is 0 Å². The van der Waals surface area contributed by atoms with Crippen LogP contribution in [0.2, 0.25) is 5.02 Å². The van der Waals surface area contributed by atoms with Crippen LogP contribution in [-0.4, -0.2) is 0 Å². The van der Waals surface area contributed by atoms with Crippen molar-refractivity contribution >= 4 is 28.5 Å². The van der Waals surface area contributed by atoms with Crippen LogP contribution >= 0.6 is 22.9 Å². The summed E-state index contributed by atoms with van der Waals surface area (Å²) >= 11 is 7.75. The van der Waals surface area contributed by atoms with Gasteiger partial charge in [0.15, 0.2) is 0 Å². The summed E-state index contributed by atoms with van der Waals surface area (Å²) in [5.74, 6) is 0. The normalized spacial score (nSPS) is 10.9. The first-order valence-corrected chi connectivity index (χ1v) is 8.82. The first-order chi connectivity index (χ1) is 11.7. The van der Waals surface area contributed by atoms with Crippen LogP contribution in [0.5, 0.6) is 0 Å². The number of rotatable bonds is 5. The van der Waals surface area contributed by atoms with Crippen LogP contribution in [0, 0.1) is 0 Å². The topological polar surface area (TPSA) is 0 Å². The molecule has 1 aromatic heterocycles. The summed E-state index contributed by atoms with van der Waals surface area (Å²) < 4.78 is 0. The van der Waals surface area contributed by atoms with Crippen LogP contribution in [0.3, 0.4) is 0 Å². The zero-order valence-corrected chi connectivity index (χ0v) is 14.8. The number of halogens is 1. The van der Waals surface area contributed by atoms with Crippen LogP contribution in [0.4, 0.5) is 0 Å². The quantitative estimate of drug-likeness (QED) is 0.419. The Kier molecular flexibility index (Phi) is 5.14. The molecule has 2 aromatic carbocycles. The SMILES string of the molecule is C=C/C=C\C(=C)c1sc(-c2ccc(Cl)cc2)cc1-c1ccccc1. The maximum absolute atomic E-state index is 6.01. The average molecular weight is 349 g/mol. The average Bonchev–Trinajstić information content (AvgIpc) is 3.06. The molecular formula is C22H17ClS. The van der Waals surface area contributed by atoms with Crippen molar-refractivity contribution in [3.8, 4) is 21.6 Å². The molecule has 0 aliphatic carbocycles.